The summed E-state index contributed by atoms with van der Waals surface area (Å²) in [5.74, 6) is -0.866. The monoisotopic (exact) mass is 657 g/mol. The van der Waals surface area contributed by atoms with E-state index in [2.05, 4.69) is 5.32 Å². The molecule has 0 spiro atoms. The molecule has 0 bridgehead atoms. The maximum Gasteiger partial charge on any atom is 0.263 e. The summed E-state index contributed by atoms with van der Waals surface area (Å²) in [7, 11) is -2.41. The van der Waals surface area contributed by atoms with Crippen LogP contribution in [-0.4, -0.2) is 46.7 Å². The zero-order valence-electron chi connectivity index (χ0n) is 24.1. The van der Waals surface area contributed by atoms with Crippen LogP contribution in [0.4, 0.5) is 4.39 Å². The largest absolute Gasteiger partial charge is 0.464 e. The van der Waals surface area contributed by atoms with Crippen LogP contribution in [0.5, 0.6) is 0 Å². The fourth-order valence-corrected chi connectivity index (χ4v) is 9.69. The molecule has 1 saturated heterocycles. The van der Waals surface area contributed by atoms with E-state index in [9.17, 15) is 19.1 Å². The van der Waals surface area contributed by atoms with Gasteiger partial charge in [0.15, 0.2) is 6.29 Å². The fourth-order valence-electron chi connectivity index (χ4n) is 5.51. The van der Waals surface area contributed by atoms with E-state index in [0.717, 1.165) is 15.4 Å². The van der Waals surface area contributed by atoms with Gasteiger partial charge in [-0.3, -0.25) is 14.9 Å². The highest BCUT2D eigenvalue weighted by molar-refractivity contribution is 8.40. The normalized spacial score (nSPS) is 21.5. The summed E-state index contributed by atoms with van der Waals surface area (Å²) in [5, 5.41) is 16.8. The van der Waals surface area contributed by atoms with Crippen LogP contribution >= 0.6 is 33.2 Å². The second kappa shape index (κ2) is 13.3. The van der Waals surface area contributed by atoms with Crippen molar-refractivity contribution in [3.05, 3.63) is 116 Å². The molecule has 11 heteroatoms. The molecule has 2 heterocycles. The van der Waals surface area contributed by atoms with Crippen LogP contribution in [0.25, 0.3) is 0 Å². The number of aliphatic hydroxyl groups is 1. The minimum atomic E-state index is -2.41. The van der Waals surface area contributed by atoms with E-state index in [0.29, 0.717) is 27.9 Å². The second-order valence-electron chi connectivity index (χ2n) is 10.7. The van der Waals surface area contributed by atoms with Gasteiger partial charge in [-0.25, -0.2) is 4.39 Å². The van der Waals surface area contributed by atoms with E-state index in [-0.39, 0.29) is 43.4 Å². The summed E-state index contributed by atoms with van der Waals surface area (Å²) in [6.07, 6.45) is 1.49. The second-order valence-corrected chi connectivity index (χ2v) is 14.5. The van der Waals surface area contributed by atoms with Crippen molar-refractivity contribution in [2.24, 2.45) is 5.73 Å². The lowest BCUT2D eigenvalue weighted by molar-refractivity contribution is -0.133. The van der Waals surface area contributed by atoms with Gasteiger partial charge in [0, 0.05) is 40.9 Å². The van der Waals surface area contributed by atoms with Gasteiger partial charge in [0.05, 0.1) is 5.02 Å². The lowest BCUT2D eigenvalue weighted by Crippen LogP contribution is -2.61. The first-order valence-electron chi connectivity index (χ1n) is 14.3. The maximum absolute atomic E-state index is 14.7. The molecule has 3 aromatic rings. The summed E-state index contributed by atoms with van der Waals surface area (Å²) >= 11 is 13.1. The predicted octanol–water partition coefficient (Wildman–Crippen LogP) is 6.48. The first-order valence-corrected chi connectivity index (χ1v) is 16.7. The van der Waals surface area contributed by atoms with Gasteiger partial charge in [-0.05, 0) is 78.4 Å². The maximum atomic E-state index is 14.7. The highest BCUT2D eigenvalue weighted by Gasteiger charge is 2.47. The van der Waals surface area contributed by atoms with E-state index in [1.165, 1.54) is 12.1 Å². The van der Waals surface area contributed by atoms with Gasteiger partial charge in [-0.2, -0.15) is 0 Å². The Hall–Kier alpha value is -3.34. The van der Waals surface area contributed by atoms with Crippen LogP contribution in [0.1, 0.15) is 31.7 Å². The molecular weight excluding hydrogens is 624 g/mol. The highest BCUT2D eigenvalue weighted by atomic mass is 35.5. The molecule has 0 aromatic heterocycles. The molecular formula is C33H34Cl2FN3O4S. The Balaban J connectivity index is 1.51. The Morgan fingerprint density at radius 3 is 2.34 bits per heavy atom. The number of allylic oxidation sites excluding steroid dienone is 1. The van der Waals surface area contributed by atoms with Crippen molar-refractivity contribution in [2.75, 3.05) is 13.1 Å². The number of hydrogen-bond donors (Lipinski definition) is 3. The number of rotatable bonds is 10. The number of amides is 2. The standard InChI is InChI=1S/C33H34Cl2FN3O4S/c1-2-29(40)43-27-15-20-44(25-13-9-23(34)10-14-25,28-6-4-3-5-26(28)35)30(27)31(41)39-18-16-33(17-19-39,32(37)42)38-21-22-7-11-24(36)12-8-22/h3-15,20,29,38,40H,2,16-19,21H2,1H3,(H2,37,42). The molecule has 44 heavy (non-hydrogen) atoms. The first kappa shape index (κ1) is 32.1. The van der Waals surface area contributed by atoms with Gasteiger partial charge in [0.1, 0.15) is 22.0 Å². The van der Waals surface area contributed by atoms with Gasteiger partial charge < -0.3 is 20.5 Å². The molecule has 232 valence electrons. The molecule has 0 aliphatic carbocycles. The molecule has 2 atom stereocenters. The quantitative estimate of drug-likeness (QED) is 0.217. The average molecular weight is 659 g/mol. The number of halogens is 3. The summed E-state index contributed by atoms with van der Waals surface area (Å²) in [6, 6.07) is 20.7. The molecule has 1 fully saturated rings. The molecule has 2 amide bonds. The summed E-state index contributed by atoms with van der Waals surface area (Å²) in [5.41, 5.74) is 5.66. The Labute approximate surface area is 267 Å². The number of likely N-dealkylation sites (tertiary alicyclic amines) is 1. The van der Waals surface area contributed by atoms with Crippen LogP contribution in [-0.2, 0) is 20.9 Å². The lowest BCUT2D eigenvalue weighted by Gasteiger charge is -2.43. The van der Waals surface area contributed by atoms with Gasteiger partial charge >= 0.3 is 0 Å². The number of nitrogens with two attached hydrogens (primary N) is 1. The molecule has 7 nitrogen and oxygen atoms in total. The van der Waals surface area contributed by atoms with Crippen molar-refractivity contribution >= 4 is 45.0 Å². The number of aliphatic hydroxyl groups excluding tert-OH is 1. The van der Waals surface area contributed by atoms with Crippen molar-refractivity contribution in [1.82, 2.24) is 10.2 Å². The first-order chi connectivity index (χ1) is 21.1. The average Bonchev–Trinajstić information content (AvgIpc) is 3.40. The summed E-state index contributed by atoms with van der Waals surface area (Å²) < 4.78 is 19.3. The van der Waals surface area contributed by atoms with E-state index in [1.54, 1.807) is 48.2 Å². The number of benzene rings is 3. The Morgan fingerprint density at radius 2 is 1.73 bits per heavy atom. The van der Waals surface area contributed by atoms with Gasteiger partial charge in [-0.15, -0.1) is 10.0 Å². The number of primary amides is 1. The van der Waals surface area contributed by atoms with Crippen LogP contribution in [0.15, 0.2) is 105 Å². The van der Waals surface area contributed by atoms with Crippen molar-refractivity contribution in [1.29, 1.82) is 0 Å². The highest BCUT2D eigenvalue weighted by Crippen LogP contribution is 2.74. The Morgan fingerprint density at radius 1 is 1.07 bits per heavy atom. The Bertz CT molecular complexity index is 1590. The lowest BCUT2D eigenvalue weighted by atomic mass is 9.86. The molecule has 5 rings (SSSR count). The number of ether oxygens (including phenoxy) is 1. The molecule has 3 aromatic carbocycles. The van der Waals surface area contributed by atoms with Crippen molar-refractivity contribution in [2.45, 2.75) is 54.4 Å². The third-order valence-electron chi connectivity index (χ3n) is 8.06. The van der Waals surface area contributed by atoms with Crippen molar-refractivity contribution in [3.63, 3.8) is 0 Å². The zero-order chi connectivity index (χ0) is 31.5. The Kier molecular flexibility index (Phi) is 9.72. The summed E-state index contributed by atoms with van der Waals surface area (Å²) in [4.78, 5) is 31.0. The molecule has 0 saturated carbocycles. The predicted molar refractivity (Wildman–Crippen MR) is 172 cm³/mol. The van der Waals surface area contributed by atoms with E-state index in [1.807, 2.05) is 35.7 Å². The number of nitrogens with one attached hydrogen (secondary N) is 1. The van der Waals surface area contributed by atoms with Gasteiger partial charge in [-0.1, -0.05) is 54.4 Å². The number of hydrogen-bond acceptors (Lipinski definition) is 5. The molecule has 2 aliphatic rings. The topological polar surface area (TPSA) is 105 Å². The van der Waals surface area contributed by atoms with E-state index < -0.39 is 27.8 Å². The fraction of sp³-hybridized carbons (Fsp3) is 0.273. The minimum absolute atomic E-state index is 0.240. The number of carbonyl (C=O) groups is 2. The number of nitrogens with zero attached hydrogens (tertiary/aromatic N) is 1. The van der Waals surface area contributed by atoms with Crippen LogP contribution in [0.2, 0.25) is 10.0 Å². The van der Waals surface area contributed by atoms with Gasteiger partial charge in [0.25, 0.3) is 5.91 Å². The van der Waals surface area contributed by atoms with E-state index in [4.69, 9.17) is 33.7 Å². The van der Waals surface area contributed by atoms with E-state index >= 15 is 0 Å². The molecule has 0 radical (unpaired) electrons. The summed E-state index contributed by atoms with van der Waals surface area (Å²) in [6.45, 7) is 2.58. The number of piperidine rings is 1. The zero-order valence-corrected chi connectivity index (χ0v) is 26.5. The van der Waals surface area contributed by atoms with Crippen LogP contribution in [0.3, 0.4) is 0 Å². The van der Waals surface area contributed by atoms with Gasteiger partial charge in [0.2, 0.25) is 5.91 Å². The molecule has 2 aliphatic heterocycles. The van der Waals surface area contributed by atoms with Crippen LogP contribution < -0.4 is 11.1 Å². The van der Waals surface area contributed by atoms with Crippen molar-refractivity contribution in [3.8, 4) is 0 Å². The third-order valence-corrected chi connectivity index (χ3v) is 12.4. The molecule has 2 unspecified atom stereocenters. The SMILES string of the molecule is CCC(O)OC1=C(C(=O)N2CCC(NCc3ccc(F)cc3)(C(N)=O)CC2)S(c2ccc(Cl)cc2)(c2ccccc2Cl)C=C1. The van der Waals surface area contributed by atoms with Crippen molar-refractivity contribution < 1.29 is 23.8 Å². The number of carbonyl (C=O) groups excluding carboxylic acids is 2. The smallest absolute Gasteiger partial charge is 0.263 e. The minimum Gasteiger partial charge on any atom is -0.464 e. The third kappa shape index (κ3) is 6.25. The molecule has 4 N–H and O–H groups in total. The van der Waals surface area contributed by atoms with Crippen LogP contribution in [0, 0.1) is 5.82 Å².